The minimum atomic E-state index is 0.769. The molecule has 0 bridgehead atoms. The van der Waals surface area contributed by atoms with E-state index in [2.05, 4.69) is 45.1 Å². The number of nitrogens with zero attached hydrogens (tertiary/aromatic N) is 4. The second-order valence-corrected chi connectivity index (χ2v) is 5.80. The van der Waals surface area contributed by atoms with E-state index in [-0.39, 0.29) is 0 Å². The Bertz CT molecular complexity index is 682. The number of ether oxygens (including phenoxy) is 1. The molecule has 0 atom stereocenters. The van der Waals surface area contributed by atoms with Gasteiger partial charge >= 0.3 is 0 Å². The van der Waals surface area contributed by atoms with Crippen molar-refractivity contribution in [2.24, 2.45) is 0 Å². The molecule has 2 aromatic rings. The summed E-state index contributed by atoms with van der Waals surface area (Å²) in [4.78, 5) is 14.0. The van der Waals surface area contributed by atoms with Crippen molar-refractivity contribution in [2.75, 3.05) is 42.6 Å². The van der Waals surface area contributed by atoms with E-state index in [1.165, 1.54) is 11.3 Å². The van der Waals surface area contributed by atoms with Gasteiger partial charge in [0.25, 0.3) is 0 Å². The van der Waals surface area contributed by atoms with Crippen LogP contribution in [0.25, 0.3) is 0 Å². The maximum atomic E-state index is 5.43. The van der Waals surface area contributed by atoms with Crippen LogP contribution >= 0.6 is 0 Å². The minimum Gasteiger partial charge on any atom is -0.378 e. The first kappa shape index (κ1) is 13.5. The molecule has 1 aromatic heterocycles. The molecule has 0 saturated carbocycles. The molecule has 2 aliphatic heterocycles. The van der Waals surface area contributed by atoms with Crippen molar-refractivity contribution < 1.29 is 4.74 Å². The van der Waals surface area contributed by atoms with Crippen molar-refractivity contribution in [3.63, 3.8) is 0 Å². The van der Waals surface area contributed by atoms with Crippen LogP contribution in [0.15, 0.2) is 30.3 Å². The van der Waals surface area contributed by atoms with Crippen LogP contribution in [-0.2, 0) is 11.2 Å². The molecule has 114 valence electrons. The van der Waals surface area contributed by atoms with E-state index >= 15 is 0 Å². The third kappa shape index (κ3) is 2.41. The monoisotopic (exact) mass is 296 g/mol. The predicted molar refractivity (Wildman–Crippen MR) is 87.0 cm³/mol. The van der Waals surface area contributed by atoms with E-state index < -0.39 is 0 Å². The Morgan fingerprint density at radius 1 is 1.05 bits per heavy atom. The van der Waals surface area contributed by atoms with E-state index in [1.54, 1.807) is 0 Å². The molecule has 5 heteroatoms. The maximum Gasteiger partial charge on any atom is 0.232 e. The highest BCUT2D eigenvalue weighted by Gasteiger charge is 2.23. The normalized spacial score (nSPS) is 17.7. The number of rotatable bonds is 2. The summed E-state index contributed by atoms with van der Waals surface area (Å²) in [6.07, 6.45) is 1.06. The predicted octanol–water partition coefficient (Wildman–Crippen LogP) is 2.32. The molecule has 0 amide bonds. The van der Waals surface area contributed by atoms with Crippen LogP contribution in [0.5, 0.6) is 0 Å². The Morgan fingerprint density at radius 3 is 2.73 bits per heavy atom. The molecule has 4 rings (SSSR count). The summed E-state index contributed by atoms with van der Waals surface area (Å²) < 4.78 is 5.43. The molecule has 0 unspecified atom stereocenters. The fourth-order valence-electron chi connectivity index (χ4n) is 3.16. The Hall–Kier alpha value is -2.14. The second-order valence-electron chi connectivity index (χ2n) is 5.80. The zero-order valence-electron chi connectivity index (χ0n) is 12.8. The van der Waals surface area contributed by atoms with Crippen LogP contribution in [0.3, 0.4) is 0 Å². The smallest absolute Gasteiger partial charge is 0.232 e. The summed E-state index contributed by atoms with van der Waals surface area (Å²) >= 11 is 0. The molecule has 0 aliphatic carbocycles. The van der Waals surface area contributed by atoms with Gasteiger partial charge in [-0.2, -0.15) is 4.98 Å². The van der Waals surface area contributed by atoms with Crippen molar-refractivity contribution in [1.29, 1.82) is 0 Å². The van der Waals surface area contributed by atoms with Gasteiger partial charge in [-0.15, -0.1) is 0 Å². The van der Waals surface area contributed by atoms with Crippen molar-refractivity contribution >= 4 is 17.5 Å². The van der Waals surface area contributed by atoms with Gasteiger partial charge in [-0.3, -0.25) is 0 Å². The Balaban J connectivity index is 1.69. The molecule has 22 heavy (non-hydrogen) atoms. The summed E-state index contributed by atoms with van der Waals surface area (Å²) in [6.45, 7) is 6.32. The van der Waals surface area contributed by atoms with Crippen molar-refractivity contribution in [2.45, 2.75) is 13.3 Å². The lowest BCUT2D eigenvalue weighted by molar-refractivity contribution is 0.122. The lowest BCUT2D eigenvalue weighted by Gasteiger charge is -2.29. The standard InChI is InChI=1S/C17H20N4O/c1-13-12-16(20-8-10-22-11-9-20)19-17(18-13)21-7-6-14-4-2-3-5-15(14)21/h2-5,12H,6-11H2,1H3. The lowest BCUT2D eigenvalue weighted by Crippen LogP contribution is -2.37. The fourth-order valence-corrected chi connectivity index (χ4v) is 3.16. The van der Waals surface area contributed by atoms with E-state index in [0.29, 0.717) is 0 Å². The number of aromatic nitrogens is 2. The largest absolute Gasteiger partial charge is 0.378 e. The molecule has 1 fully saturated rings. The zero-order chi connectivity index (χ0) is 14.9. The number of morpholine rings is 1. The van der Waals surface area contributed by atoms with Gasteiger partial charge in [-0.05, 0) is 25.0 Å². The lowest BCUT2D eigenvalue weighted by atomic mass is 10.2. The van der Waals surface area contributed by atoms with Gasteiger partial charge in [0.05, 0.1) is 13.2 Å². The van der Waals surface area contributed by atoms with Crippen molar-refractivity contribution in [3.05, 3.63) is 41.6 Å². The van der Waals surface area contributed by atoms with Gasteiger partial charge in [0.15, 0.2) is 0 Å². The molecule has 0 spiro atoms. The van der Waals surface area contributed by atoms with Gasteiger partial charge in [0, 0.05) is 37.1 Å². The number of fused-ring (bicyclic) bond motifs is 1. The number of hydrogen-bond acceptors (Lipinski definition) is 5. The molecule has 3 heterocycles. The summed E-state index contributed by atoms with van der Waals surface area (Å²) in [5.74, 6) is 1.82. The van der Waals surface area contributed by atoms with Gasteiger partial charge in [0.1, 0.15) is 5.82 Å². The van der Waals surface area contributed by atoms with Gasteiger partial charge < -0.3 is 14.5 Å². The van der Waals surface area contributed by atoms with Crippen LogP contribution in [0.1, 0.15) is 11.3 Å². The van der Waals surface area contributed by atoms with E-state index in [4.69, 9.17) is 9.72 Å². The molecular formula is C17H20N4O. The van der Waals surface area contributed by atoms with Crippen LogP contribution in [0.4, 0.5) is 17.5 Å². The molecule has 2 aliphatic rings. The average molecular weight is 296 g/mol. The molecule has 1 saturated heterocycles. The second kappa shape index (κ2) is 5.57. The highest BCUT2D eigenvalue weighted by atomic mass is 16.5. The number of hydrogen-bond donors (Lipinski definition) is 0. The number of para-hydroxylation sites is 1. The van der Waals surface area contributed by atoms with Gasteiger partial charge in [0.2, 0.25) is 5.95 Å². The van der Waals surface area contributed by atoms with E-state index in [9.17, 15) is 0 Å². The summed E-state index contributed by atoms with van der Waals surface area (Å²) in [5.41, 5.74) is 3.62. The molecule has 5 nitrogen and oxygen atoms in total. The first-order chi connectivity index (χ1) is 10.8. The number of aryl methyl sites for hydroxylation is 1. The fraction of sp³-hybridized carbons (Fsp3) is 0.412. The average Bonchev–Trinajstić information content (AvgIpc) is 2.99. The SMILES string of the molecule is Cc1cc(N2CCOCC2)nc(N2CCc3ccccc32)n1. The quantitative estimate of drug-likeness (QED) is 0.850. The molecule has 0 N–H and O–H groups in total. The zero-order valence-corrected chi connectivity index (χ0v) is 12.8. The maximum absolute atomic E-state index is 5.43. The third-order valence-electron chi connectivity index (χ3n) is 4.29. The van der Waals surface area contributed by atoms with Crippen LogP contribution < -0.4 is 9.80 Å². The summed E-state index contributed by atoms with van der Waals surface area (Å²) in [7, 11) is 0. The Kier molecular flexibility index (Phi) is 3.42. The van der Waals surface area contributed by atoms with E-state index in [1.807, 2.05) is 6.92 Å². The minimum absolute atomic E-state index is 0.769. The summed E-state index contributed by atoms with van der Waals surface area (Å²) in [6, 6.07) is 10.6. The van der Waals surface area contributed by atoms with Crippen molar-refractivity contribution in [3.8, 4) is 0 Å². The van der Waals surface area contributed by atoms with Gasteiger partial charge in [-0.1, -0.05) is 18.2 Å². The molecule has 1 aromatic carbocycles. The number of benzene rings is 1. The summed E-state index contributed by atoms with van der Waals surface area (Å²) in [5, 5.41) is 0. The number of anilines is 3. The van der Waals surface area contributed by atoms with Crippen molar-refractivity contribution in [1.82, 2.24) is 9.97 Å². The van der Waals surface area contributed by atoms with E-state index in [0.717, 1.165) is 56.7 Å². The highest BCUT2D eigenvalue weighted by Crippen LogP contribution is 2.33. The topological polar surface area (TPSA) is 41.5 Å². The Morgan fingerprint density at radius 2 is 1.86 bits per heavy atom. The third-order valence-corrected chi connectivity index (χ3v) is 4.29. The first-order valence-corrected chi connectivity index (χ1v) is 7.85. The van der Waals surface area contributed by atoms with Gasteiger partial charge in [-0.25, -0.2) is 4.98 Å². The molecule has 0 radical (unpaired) electrons. The Labute approximate surface area is 130 Å². The first-order valence-electron chi connectivity index (χ1n) is 7.85. The highest BCUT2D eigenvalue weighted by molar-refractivity contribution is 5.66. The van der Waals surface area contributed by atoms with Crippen LogP contribution in [-0.4, -0.2) is 42.8 Å². The van der Waals surface area contributed by atoms with Crippen LogP contribution in [0.2, 0.25) is 0 Å². The van der Waals surface area contributed by atoms with Crippen LogP contribution in [0, 0.1) is 6.92 Å². The molecular weight excluding hydrogens is 276 g/mol.